The number of unbranched alkanes of at least 4 members (excludes halogenated alkanes) is 4. The third-order valence-corrected chi connectivity index (χ3v) is 4.90. The van der Waals surface area contributed by atoms with Crippen LogP contribution >= 0.6 is 0 Å². The van der Waals surface area contributed by atoms with Crippen molar-refractivity contribution in [3.8, 4) is 0 Å². The average molecular weight is 307 g/mol. The lowest BCUT2D eigenvalue weighted by Crippen LogP contribution is -2.34. The van der Waals surface area contributed by atoms with Crippen LogP contribution in [0.2, 0.25) is 0 Å². The van der Waals surface area contributed by atoms with E-state index in [-0.39, 0.29) is 11.8 Å². The highest BCUT2D eigenvalue weighted by atomic mass is 32.2. The van der Waals surface area contributed by atoms with E-state index in [1.807, 2.05) is 6.92 Å². The minimum Gasteiger partial charge on any atom is -0.317 e. The van der Waals surface area contributed by atoms with Crippen molar-refractivity contribution < 1.29 is 8.42 Å². The summed E-state index contributed by atoms with van der Waals surface area (Å²) in [5.41, 5.74) is 0. The lowest BCUT2D eigenvalue weighted by atomic mass is 10.1. The molecule has 0 aromatic rings. The van der Waals surface area contributed by atoms with Crippen molar-refractivity contribution in [2.45, 2.75) is 78.2 Å². The molecule has 122 valence electrons. The van der Waals surface area contributed by atoms with Crippen LogP contribution in [0.5, 0.6) is 0 Å². The van der Waals surface area contributed by atoms with E-state index in [1.54, 1.807) is 0 Å². The van der Waals surface area contributed by atoms with Crippen LogP contribution in [0.25, 0.3) is 0 Å². The van der Waals surface area contributed by atoms with E-state index in [1.165, 1.54) is 19.3 Å². The number of hydrogen-bond donors (Lipinski definition) is 2. The number of hydrogen-bond acceptors (Lipinski definition) is 3. The maximum absolute atomic E-state index is 11.9. The van der Waals surface area contributed by atoms with Crippen LogP contribution in [0, 0.1) is 0 Å². The third-order valence-electron chi connectivity index (χ3n) is 3.31. The smallest absolute Gasteiger partial charge is 0.211 e. The van der Waals surface area contributed by atoms with Crippen LogP contribution in [0.1, 0.15) is 72.1 Å². The zero-order chi connectivity index (χ0) is 15.3. The van der Waals surface area contributed by atoms with Gasteiger partial charge < -0.3 is 5.32 Å². The summed E-state index contributed by atoms with van der Waals surface area (Å²) < 4.78 is 26.6. The molecule has 0 saturated carbocycles. The molecule has 0 aliphatic carbocycles. The van der Waals surface area contributed by atoms with E-state index in [9.17, 15) is 8.42 Å². The Labute approximate surface area is 126 Å². The van der Waals surface area contributed by atoms with E-state index in [2.05, 4.69) is 23.9 Å². The highest BCUT2D eigenvalue weighted by Gasteiger charge is 2.13. The summed E-state index contributed by atoms with van der Waals surface area (Å²) in [6, 6.07) is 0.0649. The van der Waals surface area contributed by atoms with Crippen molar-refractivity contribution in [1.29, 1.82) is 0 Å². The largest absolute Gasteiger partial charge is 0.317 e. The molecule has 0 aliphatic rings. The number of nitrogens with one attached hydrogen (secondary N) is 2. The quantitative estimate of drug-likeness (QED) is 0.485. The van der Waals surface area contributed by atoms with Gasteiger partial charge >= 0.3 is 0 Å². The van der Waals surface area contributed by atoms with Gasteiger partial charge in [-0.2, -0.15) is 0 Å². The van der Waals surface area contributed by atoms with Gasteiger partial charge in [-0.05, 0) is 45.7 Å². The summed E-state index contributed by atoms with van der Waals surface area (Å²) in [7, 11) is -3.09. The fourth-order valence-electron chi connectivity index (χ4n) is 2.15. The highest BCUT2D eigenvalue weighted by molar-refractivity contribution is 7.89. The van der Waals surface area contributed by atoms with Gasteiger partial charge in [0.2, 0.25) is 10.0 Å². The van der Waals surface area contributed by atoms with Gasteiger partial charge in [0.05, 0.1) is 5.75 Å². The second-order valence-corrected chi connectivity index (χ2v) is 7.52. The first-order valence-electron chi connectivity index (χ1n) is 8.22. The van der Waals surface area contributed by atoms with Crippen molar-refractivity contribution >= 4 is 10.0 Å². The minimum absolute atomic E-state index is 0.0649. The fraction of sp³-hybridized carbons (Fsp3) is 1.00. The molecule has 0 amide bonds. The van der Waals surface area contributed by atoms with Crippen molar-refractivity contribution in [2.24, 2.45) is 0 Å². The molecule has 0 spiro atoms. The molecule has 0 rings (SSSR count). The van der Waals surface area contributed by atoms with Crippen LogP contribution in [0.3, 0.4) is 0 Å². The van der Waals surface area contributed by atoms with E-state index >= 15 is 0 Å². The van der Waals surface area contributed by atoms with Crippen molar-refractivity contribution in [1.82, 2.24) is 10.0 Å². The predicted molar refractivity (Wildman–Crippen MR) is 87.5 cm³/mol. The first-order chi connectivity index (χ1) is 9.52. The van der Waals surface area contributed by atoms with Gasteiger partial charge in [0.15, 0.2) is 0 Å². The maximum Gasteiger partial charge on any atom is 0.211 e. The zero-order valence-corrected chi connectivity index (χ0v) is 14.4. The molecular formula is C15H34N2O2S. The van der Waals surface area contributed by atoms with Crippen LogP contribution in [0.4, 0.5) is 0 Å². The standard InChI is InChI=1S/C15H34N2O2S/c1-4-6-7-8-11-15(3)17-20(18,19)14-10-9-13-16-12-5-2/h15-17H,4-14H2,1-3H3. The maximum atomic E-state index is 11.9. The third kappa shape index (κ3) is 12.9. The van der Waals surface area contributed by atoms with Gasteiger partial charge in [-0.1, -0.05) is 39.5 Å². The SMILES string of the molecule is CCCCCCC(C)NS(=O)(=O)CCCCNCCC. The Kier molecular flexibility index (Phi) is 12.5. The molecular weight excluding hydrogens is 272 g/mol. The topological polar surface area (TPSA) is 58.2 Å². The normalized spacial score (nSPS) is 13.6. The van der Waals surface area contributed by atoms with Gasteiger partial charge in [0.25, 0.3) is 0 Å². The molecule has 20 heavy (non-hydrogen) atoms. The molecule has 0 aromatic heterocycles. The van der Waals surface area contributed by atoms with Gasteiger partial charge in [-0.3, -0.25) is 0 Å². The molecule has 2 N–H and O–H groups in total. The number of sulfonamides is 1. The van der Waals surface area contributed by atoms with Gasteiger partial charge in [-0.25, -0.2) is 13.1 Å². The zero-order valence-electron chi connectivity index (χ0n) is 13.6. The number of rotatable bonds is 14. The minimum atomic E-state index is -3.09. The summed E-state index contributed by atoms with van der Waals surface area (Å²) in [4.78, 5) is 0. The molecule has 1 unspecified atom stereocenters. The average Bonchev–Trinajstić information content (AvgIpc) is 2.38. The highest BCUT2D eigenvalue weighted by Crippen LogP contribution is 2.06. The molecule has 0 saturated heterocycles. The van der Waals surface area contributed by atoms with Crippen LogP contribution in [-0.2, 0) is 10.0 Å². The Morgan fingerprint density at radius 2 is 1.65 bits per heavy atom. The molecule has 0 aliphatic heterocycles. The Hall–Kier alpha value is -0.130. The van der Waals surface area contributed by atoms with Crippen LogP contribution in [-0.4, -0.2) is 33.3 Å². The Balaban J connectivity index is 3.66. The monoisotopic (exact) mass is 306 g/mol. The van der Waals surface area contributed by atoms with Crippen LogP contribution in [0.15, 0.2) is 0 Å². The lowest BCUT2D eigenvalue weighted by molar-refractivity contribution is 0.519. The summed E-state index contributed by atoms with van der Waals surface area (Å²) in [5.74, 6) is 0.250. The van der Waals surface area contributed by atoms with Crippen molar-refractivity contribution in [3.05, 3.63) is 0 Å². The molecule has 0 bridgehead atoms. The Morgan fingerprint density at radius 1 is 0.900 bits per heavy atom. The summed E-state index contributed by atoms with van der Waals surface area (Å²) in [6.07, 6.45) is 8.48. The molecule has 0 fully saturated rings. The lowest BCUT2D eigenvalue weighted by Gasteiger charge is -2.14. The molecule has 5 heteroatoms. The van der Waals surface area contributed by atoms with E-state index in [0.717, 1.165) is 45.2 Å². The predicted octanol–water partition coefficient (Wildman–Crippen LogP) is 3.04. The second-order valence-electron chi connectivity index (χ2n) is 5.64. The first-order valence-corrected chi connectivity index (χ1v) is 9.87. The first kappa shape index (κ1) is 19.9. The second kappa shape index (κ2) is 12.6. The summed E-state index contributed by atoms with van der Waals surface area (Å²) in [6.45, 7) is 8.20. The van der Waals surface area contributed by atoms with Crippen molar-refractivity contribution in [3.63, 3.8) is 0 Å². The van der Waals surface area contributed by atoms with Crippen molar-refractivity contribution in [2.75, 3.05) is 18.8 Å². The van der Waals surface area contributed by atoms with Gasteiger partial charge in [0, 0.05) is 6.04 Å². The Morgan fingerprint density at radius 3 is 2.30 bits per heavy atom. The van der Waals surface area contributed by atoms with E-state index < -0.39 is 10.0 Å². The van der Waals surface area contributed by atoms with Crippen LogP contribution < -0.4 is 10.0 Å². The molecule has 0 heterocycles. The molecule has 0 radical (unpaired) electrons. The fourth-order valence-corrected chi connectivity index (χ4v) is 3.58. The van der Waals surface area contributed by atoms with E-state index in [4.69, 9.17) is 0 Å². The van der Waals surface area contributed by atoms with Gasteiger partial charge in [-0.15, -0.1) is 0 Å². The summed E-state index contributed by atoms with van der Waals surface area (Å²) >= 11 is 0. The molecule has 0 aromatic carbocycles. The van der Waals surface area contributed by atoms with E-state index in [0.29, 0.717) is 0 Å². The van der Waals surface area contributed by atoms with Gasteiger partial charge in [0.1, 0.15) is 0 Å². The molecule has 4 nitrogen and oxygen atoms in total. The Bertz CT molecular complexity index is 305. The molecule has 1 atom stereocenters. The summed E-state index contributed by atoms with van der Waals surface area (Å²) in [5, 5.41) is 3.29.